The van der Waals surface area contributed by atoms with E-state index >= 15 is 0 Å². The normalized spacial score (nSPS) is 15.2. The summed E-state index contributed by atoms with van der Waals surface area (Å²) < 4.78 is 5.09. The number of carboxylic acid groups (broad SMARTS) is 1. The highest BCUT2D eigenvalue weighted by atomic mass is 16.4. The van der Waals surface area contributed by atoms with Crippen molar-refractivity contribution in [3.63, 3.8) is 0 Å². The number of furan rings is 1. The van der Waals surface area contributed by atoms with E-state index in [-0.39, 0.29) is 23.7 Å². The lowest BCUT2D eigenvalue weighted by atomic mass is 9.84. The lowest BCUT2D eigenvalue weighted by molar-refractivity contribution is -0.136. The van der Waals surface area contributed by atoms with Gasteiger partial charge in [0, 0.05) is 5.69 Å². The third-order valence-corrected chi connectivity index (χ3v) is 4.55. The number of carbonyl (C=O) groups excluding carboxylic acids is 1. The first-order valence-corrected chi connectivity index (χ1v) is 8.33. The van der Waals surface area contributed by atoms with Crippen LogP contribution in [0.25, 0.3) is 0 Å². The Morgan fingerprint density at radius 2 is 1.79 bits per heavy atom. The smallest absolute Gasteiger partial charge is 0.311 e. The van der Waals surface area contributed by atoms with Gasteiger partial charge in [-0.25, -0.2) is 0 Å². The fourth-order valence-corrected chi connectivity index (χ4v) is 3.29. The van der Waals surface area contributed by atoms with Crippen molar-refractivity contribution in [2.45, 2.75) is 44.4 Å². The van der Waals surface area contributed by atoms with E-state index in [1.165, 1.54) is 50.0 Å². The lowest BCUT2D eigenvalue weighted by Gasteiger charge is -2.22. The first kappa shape index (κ1) is 16.3. The zero-order valence-electron chi connectivity index (χ0n) is 13.5. The summed E-state index contributed by atoms with van der Waals surface area (Å²) in [5, 5.41) is 11.6. The quantitative estimate of drug-likeness (QED) is 0.862. The topological polar surface area (TPSA) is 79.5 Å². The van der Waals surface area contributed by atoms with E-state index in [0.717, 1.165) is 0 Å². The average Bonchev–Trinajstić information content (AvgIpc) is 3.04. The van der Waals surface area contributed by atoms with Crippen molar-refractivity contribution >= 4 is 17.6 Å². The van der Waals surface area contributed by atoms with Gasteiger partial charge in [-0.1, -0.05) is 31.4 Å². The zero-order chi connectivity index (χ0) is 16.9. The average molecular weight is 327 g/mol. The minimum atomic E-state index is -1.03. The first-order valence-electron chi connectivity index (χ1n) is 8.33. The number of nitrogens with one attached hydrogen (secondary N) is 1. The third kappa shape index (κ3) is 3.85. The van der Waals surface area contributed by atoms with Crippen molar-refractivity contribution in [1.29, 1.82) is 0 Å². The highest BCUT2D eigenvalue weighted by molar-refractivity contribution is 6.05. The molecule has 126 valence electrons. The number of carbonyl (C=O) groups is 2. The highest BCUT2D eigenvalue weighted by Gasteiger charge is 2.18. The largest absolute Gasteiger partial charge is 0.481 e. The van der Waals surface area contributed by atoms with Crippen LogP contribution in [0.5, 0.6) is 0 Å². The Morgan fingerprint density at radius 3 is 2.46 bits per heavy atom. The van der Waals surface area contributed by atoms with Gasteiger partial charge in [0.2, 0.25) is 0 Å². The molecule has 5 heteroatoms. The van der Waals surface area contributed by atoms with Crippen molar-refractivity contribution in [3.05, 3.63) is 53.5 Å². The number of benzene rings is 1. The molecule has 3 rings (SSSR count). The molecule has 0 atom stereocenters. The molecule has 2 N–H and O–H groups in total. The minimum Gasteiger partial charge on any atom is -0.481 e. The van der Waals surface area contributed by atoms with Gasteiger partial charge in [0.15, 0.2) is 0 Å². The van der Waals surface area contributed by atoms with Gasteiger partial charge < -0.3 is 14.8 Å². The SMILES string of the molecule is O=C(O)Cc1occc1C(=O)Nc1ccc(C2CCCCC2)cc1. The third-order valence-electron chi connectivity index (χ3n) is 4.55. The number of rotatable bonds is 5. The fraction of sp³-hybridized carbons (Fsp3) is 0.368. The van der Waals surface area contributed by atoms with Crippen LogP contribution in [0.1, 0.15) is 59.7 Å². The first-order chi connectivity index (χ1) is 11.6. The molecule has 1 heterocycles. The molecule has 0 radical (unpaired) electrons. The molecular formula is C19H21NO4. The fourth-order valence-electron chi connectivity index (χ4n) is 3.29. The van der Waals surface area contributed by atoms with Crippen LogP contribution in [0.2, 0.25) is 0 Å². The van der Waals surface area contributed by atoms with Gasteiger partial charge in [-0.15, -0.1) is 0 Å². The van der Waals surface area contributed by atoms with Crippen molar-refractivity contribution < 1.29 is 19.1 Å². The second kappa shape index (κ2) is 7.34. The second-order valence-corrected chi connectivity index (χ2v) is 6.24. The minimum absolute atomic E-state index is 0.166. The molecular weight excluding hydrogens is 306 g/mol. The van der Waals surface area contributed by atoms with Crippen LogP contribution in [0, 0.1) is 0 Å². The molecule has 1 fully saturated rings. The molecule has 0 bridgehead atoms. The lowest BCUT2D eigenvalue weighted by Crippen LogP contribution is -2.14. The predicted molar refractivity (Wildman–Crippen MR) is 90.3 cm³/mol. The van der Waals surface area contributed by atoms with Gasteiger partial charge in [0.05, 0.1) is 11.8 Å². The maximum atomic E-state index is 12.3. The number of anilines is 1. The zero-order valence-corrected chi connectivity index (χ0v) is 13.5. The maximum Gasteiger partial charge on any atom is 0.311 e. The molecule has 1 aromatic heterocycles. The Hall–Kier alpha value is -2.56. The summed E-state index contributed by atoms with van der Waals surface area (Å²) in [6, 6.07) is 9.43. The molecule has 0 unspecified atom stereocenters. The number of carboxylic acids is 1. The summed E-state index contributed by atoms with van der Waals surface area (Å²) in [5.74, 6) is -0.598. The van der Waals surface area contributed by atoms with E-state index in [4.69, 9.17) is 9.52 Å². The number of hydrogen-bond donors (Lipinski definition) is 2. The molecule has 24 heavy (non-hydrogen) atoms. The standard InChI is InChI=1S/C19H21NO4/c21-18(22)12-17-16(10-11-24-17)19(23)20-15-8-6-14(7-9-15)13-4-2-1-3-5-13/h6-11,13H,1-5,12H2,(H,20,23)(H,21,22). The van der Waals surface area contributed by atoms with Crippen LogP contribution in [0.15, 0.2) is 41.0 Å². The van der Waals surface area contributed by atoms with E-state index in [1.807, 2.05) is 12.1 Å². The number of amides is 1. The Balaban J connectivity index is 1.66. The molecule has 0 spiro atoms. The summed E-state index contributed by atoms with van der Waals surface area (Å²) in [4.78, 5) is 23.1. The molecule has 1 aliphatic carbocycles. The highest BCUT2D eigenvalue weighted by Crippen LogP contribution is 2.33. The molecule has 2 aromatic rings. The van der Waals surface area contributed by atoms with E-state index < -0.39 is 5.97 Å². The summed E-state index contributed by atoms with van der Waals surface area (Å²) in [6.45, 7) is 0. The van der Waals surface area contributed by atoms with Crippen LogP contribution in [0.4, 0.5) is 5.69 Å². The monoisotopic (exact) mass is 327 g/mol. The number of hydrogen-bond acceptors (Lipinski definition) is 3. The Morgan fingerprint density at radius 1 is 1.08 bits per heavy atom. The van der Waals surface area contributed by atoms with Gasteiger partial charge in [0.25, 0.3) is 5.91 Å². The summed E-state index contributed by atoms with van der Waals surface area (Å²) in [5.41, 5.74) is 2.28. The van der Waals surface area contributed by atoms with Crippen LogP contribution in [0.3, 0.4) is 0 Å². The van der Waals surface area contributed by atoms with Gasteiger partial charge in [-0.2, -0.15) is 0 Å². The summed E-state index contributed by atoms with van der Waals surface area (Å²) >= 11 is 0. The molecule has 0 saturated heterocycles. The Labute approximate surface area is 140 Å². The molecule has 0 aliphatic heterocycles. The van der Waals surface area contributed by atoms with Crippen molar-refractivity contribution in [2.24, 2.45) is 0 Å². The predicted octanol–water partition coefficient (Wildman–Crippen LogP) is 4.21. The van der Waals surface area contributed by atoms with E-state index in [1.54, 1.807) is 0 Å². The van der Waals surface area contributed by atoms with E-state index in [2.05, 4.69) is 17.4 Å². The van der Waals surface area contributed by atoms with E-state index in [0.29, 0.717) is 11.6 Å². The van der Waals surface area contributed by atoms with Gasteiger partial charge in [0.1, 0.15) is 12.2 Å². The molecule has 1 aromatic carbocycles. The van der Waals surface area contributed by atoms with Gasteiger partial charge in [-0.3, -0.25) is 9.59 Å². The number of aliphatic carboxylic acids is 1. The summed E-state index contributed by atoms with van der Waals surface area (Å²) in [6.07, 6.45) is 7.40. The van der Waals surface area contributed by atoms with Crippen molar-refractivity contribution in [2.75, 3.05) is 5.32 Å². The summed E-state index contributed by atoms with van der Waals surface area (Å²) in [7, 11) is 0. The van der Waals surface area contributed by atoms with Crippen molar-refractivity contribution in [3.8, 4) is 0 Å². The Kier molecular flexibility index (Phi) is 4.99. The molecule has 5 nitrogen and oxygen atoms in total. The maximum absolute atomic E-state index is 12.3. The van der Waals surface area contributed by atoms with Gasteiger partial charge >= 0.3 is 5.97 Å². The van der Waals surface area contributed by atoms with Crippen LogP contribution < -0.4 is 5.32 Å². The van der Waals surface area contributed by atoms with Gasteiger partial charge in [-0.05, 0) is 42.5 Å². The van der Waals surface area contributed by atoms with Crippen LogP contribution in [-0.2, 0) is 11.2 Å². The molecule has 1 aliphatic rings. The van der Waals surface area contributed by atoms with Crippen molar-refractivity contribution in [1.82, 2.24) is 0 Å². The molecule has 1 saturated carbocycles. The molecule has 1 amide bonds. The van der Waals surface area contributed by atoms with Crippen LogP contribution in [-0.4, -0.2) is 17.0 Å². The van der Waals surface area contributed by atoms with E-state index in [9.17, 15) is 9.59 Å². The Bertz CT molecular complexity index is 711. The second-order valence-electron chi connectivity index (χ2n) is 6.24. The van der Waals surface area contributed by atoms with Crippen LogP contribution >= 0.6 is 0 Å².